The molecule has 0 saturated carbocycles. The average Bonchev–Trinajstić information content (AvgIpc) is 2.90. The van der Waals surface area contributed by atoms with Crippen molar-refractivity contribution >= 4 is 17.5 Å². The largest absolute Gasteiger partial charge is 0.496 e. The van der Waals surface area contributed by atoms with E-state index in [4.69, 9.17) is 18.9 Å². The maximum absolute atomic E-state index is 12.6. The Labute approximate surface area is 169 Å². The molecule has 1 N–H and O–H groups in total. The number of fused-ring (bicyclic) bond motifs is 1. The number of methoxy groups -OCH3 is 3. The van der Waals surface area contributed by atoms with Gasteiger partial charge >= 0.3 is 0 Å². The van der Waals surface area contributed by atoms with E-state index in [1.807, 2.05) is 6.07 Å². The molecule has 1 heterocycles. The number of hydrogen-bond acceptors (Lipinski definition) is 6. The van der Waals surface area contributed by atoms with Crippen molar-refractivity contribution in [1.29, 1.82) is 0 Å². The van der Waals surface area contributed by atoms with Crippen molar-refractivity contribution in [3.8, 4) is 23.0 Å². The molecule has 8 heteroatoms. The number of anilines is 1. The molecule has 154 valence electrons. The summed E-state index contributed by atoms with van der Waals surface area (Å²) in [5.74, 6) is 1.76. The molecule has 0 fully saturated rings. The third kappa shape index (κ3) is 4.53. The molecule has 1 aliphatic rings. The summed E-state index contributed by atoms with van der Waals surface area (Å²) in [6.45, 7) is 0.397. The van der Waals surface area contributed by atoms with E-state index in [9.17, 15) is 9.59 Å². The van der Waals surface area contributed by atoms with E-state index in [1.165, 1.54) is 12.0 Å². The zero-order chi connectivity index (χ0) is 20.8. The van der Waals surface area contributed by atoms with E-state index in [2.05, 4.69) is 5.32 Å². The van der Waals surface area contributed by atoms with Crippen LogP contribution in [0.2, 0.25) is 0 Å². The zero-order valence-electron chi connectivity index (χ0n) is 16.7. The Balaban J connectivity index is 1.72. The van der Waals surface area contributed by atoms with Crippen LogP contribution in [0.1, 0.15) is 12.0 Å². The van der Waals surface area contributed by atoms with Crippen molar-refractivity contribution in [2.75, 3.05) is 39.4 Å². The average molecular weight is 400 g/mol. The first-order valence-corrected chi connectivity index (χ1v) is 9.15. The summed E-state index contributed by atoms with van der Waals surface area (Å²) in [5, 5.41) is 2.83. The number of nitrogens with one attached hydrogen (secondary N) is 1. The molecule has 0 saturated heterocycles. The van der Waals surface area contributed by atoms with Crippen molar-refractivity contribution in [2.24, 2.45) is 0 Å². The topological polar surface area (TPSA) is 86.3 Å². The molecule has 0 bridgehead atoms. The Kier molecular flexibility index (Phi) is 6.43. The van der Waals surface area contributed by atoms with Crippen molar-refractivity contribution < 1.29 is 28.5 Å². The van der Waals surface area contributed by atoms with Gasteiger partial charge in [-0.3, -0.25) is 14.5 Å². The van der Waals surface area contributed by atoms with Crippen LogP contribution in [0.3, 0.4) is 0 Å². The lowest BCUT2D eigenvalue weighted by atomic mass is 10.1. The molecule has 29 heavy (non-hydrogen) atoms. The van der Waals surface area contributed by atoms with Crippen molar-refractivity contribution in [3.05, 3.63) is 42.0 Å². The van der Waals surface area contributed by atoms with Gasteiger partial charge in [0, 0.05) is 18.2 Å². The molecule has 0 spiro atoms. The smallest absolute Gasteiger partial charge is 0.240 e. The molecule has 2 aromatic rings. The van der Waals surface area contributed by atoms with Gasteiger partial charge in [-0.25, -0.2) is 0 Å². The highest BCUT2D eigenvalue weighted by atomic mass is 16.5. The molecule has 1 aliphatic heterocycles. The quantitative estimate of drug-likeness (QED) is 0.766. The van der Waals surface area contributed by atoms with Gasteiger partial charge in [0.05, 0.1) is 40.0 Å². The number of hydrogen-bond donors (Lipinski definition) is 1. The summed E-state index contributed by atoms with van der Waals surface area (Å²) in [4.78, 5) is 26.5. The highest BCUT2D eigenvalue weighted by Crippen LogP contribution is 2.34. The summed E-state index contributed by atoms with van der Waals surface area (Å²) >= 11 is 0. The molecule has 0 aliphatic carbocycles. The van der Waals surface area contributed by atoms with Gasteiger partial charge in [-0.2, -0.15) is 0 Å². The van der Waals surface area contributed by atoms with Crippen LogP contribution in [-0.4, -0.2) is 46.3 Å². The molecule has 2 aromatic carbocycles. The van der Waals surface area contributed by atoms with Crippen LogP contribution < -0.4 is 29.2 Å². The first-order valence-electron chi connectivity index (χ1n) is 9.15. The highest BCUT2D eigenvalue weighted by Gasteiger charge is 2.25. The number of ether oxygens (including phenoxy) is 4. The molecular formula is C21H24N2O6. The summed E-state index contributed by atoms with van der Waals surface area (Å²) in [7, 11) is 4.62. The van der Waals surface area contributed by atoms with E-state index >= 15 is 0 Å². The normalized spacial score (nSPS) is 13.1. The molecule has 0 unspecified atom stereocenters. The summed E-state index contributed by atoms with van der Waals surface area (Å²) < 4.78 is 21.6. The fraction of sp³-hybridized carbons (Fsp3) is 0.333. The number of carbonyl (C=O) groups excluding carboxylic acids is 2. The third-order valence-electron chi connectivity index (χ3n) is 4.59. The molecule has 3 rings (SSSR count). The Bertz CT molecular complexity index is 899. The Morgan fingerprint density at radius 2 is 1.76 bits per heavy atom. The van der Waals surface area contributed by atoms with E-state index in [0.29, 0.717) is 28.7 Å². The molecule has 0 atom stereocenters. The summed E-state index contributed by atoms with van der Waals surface area (Å²) in [6.07, 6.45) is 0.214. The lowest BCUT2D eigenvalue weighted by molar-refractivity contribution is -0.124. The molecular weight excluding hydrogens is 376 g/mol. The highest BCUT2D eigenvalue weighted by molar-refractivity contribution is 6.00. The minimum Gasteiger partial charge on any atom is -0.496 e. The molecule has 0 radical (unpaired) electrons. The van der Waals surface area contributed by atoms with Crippen LogP contribution in [0, 0.1) is 0 Å². The Morgan fingerprint density at radius 3 is 2.48 bits per heavy atom. The fourth-order valence-corrected chi connectivity index (χ4v) is 3.12. The van der Waals surface area contributed by atoms with Gasteiger partial charge in [0.25, 0.3) is 0 Å². The van der Waals surface area contributed by atoms with Gasteiger partial charge in [0.2, 0.25) is 11.8 Å². The number of amides is 2. The molecule has 0 aromatic heterocycles. The first kappa shape index (κ1) is 20.3. The van der Waals surface area contributed by atoms with Crippen LogP contribution in [0.25, 0.3) is 0 Å². The van der Waals surface area contributed by atoms with Crippen LogP contribution >= 0.6 is 0 Å². The SMILES string of the molecule is COc1cc(OC)c(OC)cc1CNC(=O)CN1C(=O)CCOc2ccccc21. The van der Waals surface area contributed by atoms with Gasteiger partial charge < -0.3 is 24.3 Å². The predicted molar refractivity (Wildman–Crippen MR) is 107 cm³/mol. The molecule has 8 nitrogen and oxygen atoms in total. The maximum Gasteiger partial charge on any atom is 0.240 e. The Hall–Kier alpha value is -3.42. The van der Waals surface area contributed by atoms with E-state index < -0.39 is 0 Å². The monoisotopic (exact) mass is 400 g/mol. The second-order valence-corrected chi connectivity index (χ2v) is 6.34. The van der Waals surface area contributed by atoms with Gasteiger partial charge in [-0.05, 0) is 18.2 Å². The van der Waals surface area contributed by atoms with Crippen LogP contribution in [0.15, 0.2) is 36.4 Å². The van der Waals surface area contributed by atoms with Crippen molar-refractivity contribution in [1.82, 2.24) is 5.32 Å². The summed E-state index contributed by atoms with van der Waals surface area (Å²) in [5.41, 5.74) is 1.32. The first-order chi connectivity index (χ1) is 14.1. The van der Waals surface area contributed by atoms with Gasteiger partial charge in [0.15, 0.2) is 11.5 Å². The minimum atomic E-state index is -0.299. The lowest BCUT2D eigenvalue weighted by Gasteiger charge is -2.21. The number of benzene rings is 2. The van der Waals surface area contributed by atoms with Crippen LogP contribution in [-0.2, 0) is 16.1 Å². The zero-order valence-corrected chi connectivity index (χ0v) is 16.7. The number of rotatable bonds is 7. The Morgan fingerprint density at radius 1 is 1.07 bits per heavy atom. The van der Waals surface area contributed by atoms with E-state index in [1.54, 1.807) is 44.6 Å². The number of nitrogens with zero attached hydrogens (tertiary/aromatic N) is 1. The van der Waals surface area contributed by atoms with Gasteiger partial charge in [-0.15, -0.1) is 0 Å². The minimum absolute atomic E-state index is 0.102. The second kappa shape index (κ2) is 9.18. The molecule has 2 amide bonds. The summed E-state index contributed by atoms with van der Waals surface area (Å²) in [6, 6.07) is 10.6. The standard InChI is InChI=1S/C21H24N2O6/c1-26-17-11-19(28-3)18(27-2)10-14(17)12-22-20(24)13-23-15-6-4-5-7-16(15)29-9-8-21(23)25/h4-7,10-11H,8-9,12-13H2,1-3H3,(H,22,24). The van der Waals surface area contributed by atoms with Gasteiger partial charge in [0.1, 0.15) is 18.0 Å². The second-order valence-electron chi connectivity index (χ2n) is 6.34. The number of carbonyl (C=O) groups is 2. The lowest BCUT2D eigenvalue weighted by Crippen LogP contribution is -2.40. The maximum atomic E-state index is 12.6. The third-order valence-corrected chi connectivity index (χ3v) is 4.59. The van der Waals surface area contributed by atoms with Crippen LogP contribution in [0.5, 0.6) is 23.0 Å². The van der Waals surface area contributed by atoms with Crippen LogP contribution in [0.4, 0.5) is 5.69 Å². The number of para-hydroxylation sites is 2. The predicted octanol–water partition coefficient (Wildman–Crippen LogP) is 2.14. The van der Waals surface area contributed by atoms with Crippen molar-refractivity contribution in [3.63, 3.8) is 0 Å². The fourth-order valence-electron chi connectivity index (χ4n) is 3.12. The van der Waals surface area contributed by atoms with Crippen molar-refractivity contribution in [2.45, 2.75) is 13.0 Å². The van der Waals surface area contributed by atoms with Gasteiger partial charge in [-0.1, -0.05) is 12.1 Å². The van der Waals surface area contributed by atoms with E-state index in [0.717, 1.165) is 5.56 Å². The van der Waals surface area contributed by atoms with E-state index in [-0.39, 0.29) is 37.9 Å².